The van der Waals surface area contributed by atoms with Crippen molar-refractivity contribution >= 4 is 34.2 Å². The molecule has 2 heterocycles. The largest absolute Gasteiger partial charge is 0.327 e. The Kier molecular flexibility index (Phi) is 6.86. The Morgan fingerprint density at radius 2 is 1.66 bits per heavy atom. The molecule has 1 unspecified atom stereocenters. The number of fused-ring (bicyclic) bond motifs is 1. The van der Waals surface area contributed by atoms with Gasteiger partial charge in [0.05, 0.1) is 10.6 Å². The molecule has 1 aromatic carbocycles. The fourth-order valence-corrected chi connectivity index (χ4v) is 5.85. The van der Waals surface area contributed by atoms with E-state index < -0.39 is 15.9 Å². The molecule has 7 nitrogen and oxygen atoms in total. The molecule has 1 saturated carbocycles. The highest BCUT2D eigenvalue weighted by Crippen LogP contribution is 2.30. The first-order valence-corrected chi connectivity index (χ1v) is 11.8. The second kappa shape index (κ2) is 9.02. The van der Waals surface area contributed by atoms with Crippen molar-refractivity contribution in [2.75, 3.05) is 31.9 Å². The Morgan fingerprint density at radius 3 is 2.34 bits per heavy atom. The fraction of sp³-hybridized carbons (Fsp3) is 0.600. The number of hydrogen-bond acceptors (Lipinski definition) is 5. The summed E-state index contributed by atoms with van der Waals surface area (Å²) in [6.45, 7) is 1.85. The van der Waals surface area contributed by atoms with Crippen molar-refractivity contribution in [3.63, 3.8) is 0 Å². The molecule has 1 atom stereocenters. The molecule has 0 bridgehead atoms. The molecular weight excluding hydrogens is 414 g/mol. The molecule has 3 fully saturated rings. The van der Waals surface area contributed by atoms with E-state index in [1.165, 1.54) is 11.3 Å². The molecule has 3 aliphatic rings. The smallest absolute Gasteiger partial charge is 0.310 e. The number of piperazine rings is 1. The van der Waals surface area contributed by atoms with Crippen LogP contribution in [0.15, 0.2) is 35.2 Å². The zero-order valence-electron chi connectivity index (χ0n) is 16.4. The summed E-state index contributed by atoms with van der Waals surface area (Å²) in [5, 5.41) is 0. The van der Waals surface area contributed by atoms with Gasteiger partial charge in [-0.05, 0) is 25.0 Å². The number of halogens is 1. The number of urea groups is 1. The van der Waals surface area contributed by atoms with E-state index >= 15 is 0 Å². The van der Waals surface area contributed by atoms with Gasteiger partial charge in [0.15, 0.2) is 9.84 Å². The summed E-state index contributed by atoms with van der Waals surface area (Å²) in [7, 11) is -3.35. The minimum atomic E-state index is -3.35. The summed E-state index contributed by atoms with van der Waals surface area (Å²) in [4.78, 5) is 31.2. The summed E-state index contributed by atoms with van der Waals surface area (Å²) < 4.78 is 25.0. The number of rotatable bonds is 5. The Bertz CT molecular complexity index is 843. The topological polar surface area (TPSA) is 78.0 Å². The lowest BCUT2D eigenvalue weighted by Gasteiger charge is -2.35. The van der Waals surface area contributed by atoms with E-state index in [-0.39, 0.29) is 36.1 Å². The van der Waals surface area contributed by atoms with E-state index in [0.717, 1.165) is 25.7 Å². The lowest BCUT2D eigenvalue weighted by Crippen LogP contribution is -2.53. The highest BCUT2D eigenvalue weighted by atomic mass is 35.5. The summed E-state index contributed by atoms with van der Waals surface area (Å²) in [6.07, 6.45) is 5.10. The number of imide groups is 1. The van der Waals surface area contributed by atoms with Crippen molar-refractivity contribution in [2.24, 2.45) is 0 Å². The first-order valence-electron chi connectivity index (χ1n) is 10.1. The van der Waals surface area contributed by atoms with Gasteiger partial charge < -0.3 is 4.90 Å². The SMILES string of the molecule is Cl.O=C1C2CN(CCS(=O)(=O)c3ccccc3)CCN2C(=O)N1C1CCCCC1. The van der Waals surface area contributed by atoms with Gasteiger partial charge in [0.25, 0.3) is 5.91 Å². The minimum absolute atomic E-state index is 0. The lowest BCUT2D eigenvalue weighted by atomic mass is 9.94. The highest BCUT2D eigenvalue weighted by molar-refractivity contribution is 7.91. The van der Waals surface area contributed by atoms with Crippen LogP contribution in [0.25, 0.3) is 0 Å². The molecule has 0 N–H and O–H groups in total. The third-order valence-electron chi connectivity index (χ3n) is 6.16. The molecule has 4 rings (SSSR count). The van der Waals surface area contributed by atoms with Crippen LogP contribution in [0.3, 0.4) is 0 Å². The van der Waals surface area contributed by atoms with Gasteiger partial charge in [-0.2, -0.15) is 0 Å². The van der Waals surface area contributed by atoms with E-state index in [9.17, 15) is 18.0 Å². The zero-order chi connectivity index (χ0) is 19.7. The number of amides is 3. The van der Waals surface area contributed by atoms with Gasteiger partial charge in [-0.1, -0.05) is 37.5 Å². The quantitative estimate of drug-likeness (QED) is 0.654. The molecular formula is C20H28ClN3O4S. The van der Waals surface area contributed by atoms with Crippen molar-refractivity contribution in [3.05, 3.63) is 30.3 Å². The van der Waals surface area contributed by atoms with Crippen LogP contribution in [0.2, 0.25) is 0 Å². The summed E-state index contributed by atoms with van der Waals surface area (Å²) >= 11 is 0. The molecule has 3 amide bonds. The number of nitrogens with zero attached hydrogens (tertiary/aromatic N) is 3. The van der Waals surface area contributed by atoms with Gasteiger partial charge in [-0.3, -0.25) is 14.6 Å². The predicted octanol–water partition coefficient (Wildman–Crippen LogP) is 2.16. The summed E-state index contributed by atoms with van der Waals surface area (Å²) in [6, 6.07) is 7.84. The molecule has 2 saturated heterocycles. The van der Waals surface area contributed by atoms with Gasteiger partial charge in [0, 0.05) is 32.2 Å². The van der Waals surface area contributed by atoms with E-state index in [1.54, 1.807) is 35.2 Å². The highest BCUT2D eigenvalue weighted by Gasteiger charge is 2.49. The van der Waals surface area contributed by atoms with E-state index in [1.807, 2.05) is 4.90 Å². The molecule has 0 radical (unpaired) electrons. The summed E-state index contributed by atoms with van der Waals surface area (Å²) in [5.41, 5.74) is 0. The van der Waals surface area contributed by atoms with Crippen molar-refractivity contribution in [2.45, 2.75) is 49.1 Å². The van der Waals surface area contributed by atoms with Gasteiger partial charge >= 0.3 is 6.03 Å². The third kappa shape index (κ3) is 4.44. The second-order valence-corrected chi connectivity index (χ2v) is 10.0. The van der Waals surface area contributed by atoms with Crippen LogP contribution < -0.4 is 0 Å². The van der Waals surface area contributed by atoms with E-state index in [2.05, 4.69) is 0 Å². The van der Waals surface area contributed by atoms with Gasteiger partial charge in [0.1, 0.15) is 6.04 Å². The predicted molar refractivity (Wildman–Crippen MR) is 112 cm³/mol. The molecule has 29 heavy (non-hydrogen) atoms. The van der Waals surface area contributed by atoms with E-state index in [4.69, 9.17) is 0 Å². The first kappa shape index (κ1) is 22.1. The van der Waals surface area contributed by atoms with Crippen LogP contribution in [0.4, 0.5) is 4.79 Å². The van der Waals surface area contributed by atoms with Crippen molar-refractivity contribution in [3.8, 4) is 0 Å². The molecule has 2 aliphatic heterocycles. The monoisotopic (exact) mass is 441 g/mol. The van der Waals surface area contributed by atoms with Crippen LogP contribution in [-0.2, 0) is 14.6 Å². The van der Waals surface area contributed by atoms with Gasteiger partial charge in [-0.25, -0.2) is 13.2 Å². The Labute approximate surface area is 178 Å². The first-order chi connectivity index (χ1) is 13.5. The van der Waals surface area contributed by atoms with E-state index in [0.29, 0.717) is 31.1 Å². The average molecular weight is 442 g/mol. The van der Waals surface area contributed by atoms with Crippen molar-refractivity contribution in [1.82, 2.24) is 14.7 Å². The molecule has 0 spiro atoms. The second-order valence-electron chi connectivity index (χ2n) is 7.92. The maximum absolute atomic E-state index is 12.9. The molecule has 0 aromatic heterocycles. The number of hydrogen-bond donors (Lipinski definition) is 0. The maximum Gasteiger partial charge on any atom is 0.327 e. The van der Waals surface area contributed by atoms with Crippen LogP contribution >= 0.6 is 12.4 Å². The Balaban J connectivity index is 0.00000240. The molecule has 1 aliphatic carbocycles. The fourth-order valence-electron chi connectivity index (χ4n) is 4.55. The molecule has 160 valence electrons. The Morgan fingerprint density at radius 1 is 0.966 bits per heavy atom. The number of carbonyl (C=O) groups is 2. The van der Waals surface area contributed by atoms with Crippen molar-refractivity contribution in [1.29, 1.82) is 0 Å². The third-order valence-corrected chi connectivity index (χ3v) is 7.87. The maximum atomic E-state index is 12.9. The van der Waals surface area contributed by atoms with Crippen molar-refractivity contribution < 1.29 is 18.0 Å². The summed E-state index contributed by atoms with van der Waals surface area (Å²) in [5.74, 6) is -0.0920. The minimum Gasteiger partial charge on any atom is -0.310 e. The van der Waals surface area contributed by atoms with Gasteiger partial charge in [-0.15, -0.1) is 12.4 Å². The van der Waals surface area contributed by atoms with Crippen LogP contribution in [0.1, 0.15) is 32.1 Å². The molecule has 9 heteroatoms. The molecule has 1 aromatic rings. The Hall–Kier alpha value is -1.64. The number of carbonyl (C=O) groups excluding carboxylic acids is 2. The number of benzene rings is 1. The lowest BCUT2D eigenvalue weighted by molar-refractivity contribution is -0.131. The standard InChI is InChI=1S/C20H27N3O4S.ClH/c24-19-18-15-21(13-14-28(26,27)17-9-5-2-6-10-17)11-12-22(18)20(25)23(19)16-7-3-1-4-8-16;/h2,5-6,9-10,16,18H,1,3-4,7-8,11-15H2;1H. The number of sulfone groups is 1. The van der Waals surface area contributed by atoms with Crippen LogP contribution in [-0.4, -0.2) is 79.1 Å². The zero-order valence-corrected chi connectivity index (χ0v) is 18.0. The van der Waals surface area contributed by atoms with Crippen LogP contribution in [0.5, 0.6) is 0 Å². The van der Waals surface area contributed by atoms with Gasteiger partial charge in [0.2, 0.25) is 0 Å². The van der Waals surface area contributed by atoms with Crippen LogP contribution in [0, 0.1) is 0 Å². The normalized spacial score (nSPS) is 23.8. The average Bonchev–Trinajstić information content (AvgIpc) is 2.98.